The zero-order chi connectivity index (χ0) is 15.2. The molecule has 0 fully saturated rings. The summed E-state index contributed by atoms with van der Waals surface area (Å²) >= 11 is 0. The highest BCUT2D eigenvalue weighted by atomic mass is 16.5. The average molecular weight is 289 g/mol. The summed E-state index contributed by atoms with van der Waals surface area (Å²) in [5, 5.41) is 3.96. The maximum atomic E-state index is 11.8. The third-order valence-corrected chi connectivity index (χ3v) is 3.39. The lowest BCUT2D eigenvalue weighted by molar-refractivity contribution is -0.121. The van der Waals surface area contributed by atoms with Crippen LogP contribution in [0.25, 0.3) is 11.0 Å². The molecule has 2 aromatic rings. The van der Waals surface area contributed by atoms with E-state index in [0.29, 0.717) is 13.0 Å². The third kappa shape index (κ3) is 3.78. The molecule has 1 aromatic heterocycles. The van der Waals surface area contributed by atoms with Gasteiger partial charge < -0.3 is 14.5 Å². The fourth-order valence-electron chi connectivity index (χ4n) is 2.26. The van der Waals surface area contributed by atoms with E-state index in [1.165, 1.54) is 0 Å². The van der Waals surface area contributed by atoms with E-state index in [1.807, 2.05) is 38.1 Å². The zero-order valence-corrected chi connectivity index (χ0v) is 12.9. The van der Waals surface area contributed by atoms with E-state index in [2.05, 4.69) is 12.2 Å². The van der Waals surface area contributed by atoms with Crippen molar-refractivity contribution in [1.29, 1.82) is 0 Å². The van der Waals surface area contributed by atoms with Crippen LogP contribution < -0.4 is 10.1 Å². The molecule has 1 N–H and O–H groups in total. The lowest BCUT2D eigenvalue weighted by Crippen LogP contribution is -2.25. The number of ether oxygens (including phenoxy) is 1. The van der Waals surface area contributed by atoms with Gasteiger partial charge >= 0.3 is 0 Å². The van der Waals surface area contributed by atoms with Crippen LogP contribution >= 0.6 is 0 Å². The molecule has 0 saturated carbocycles. The highest BCUT2D eigenvalue weighted by Gasteiger charge is 2.15. The Bertz CT molecular complexity index is 603. The summed E-state index contributed by atoms with van der Waals surface area (Å²) in [6.07, 6.45) is 2.49. The molecule has 2 rings (SSSR count). The minimum atomic E-state index is -0.142. The Balaban J connectivity index is 2.14. The van der Waals surface area contributed by atoms with Gasteiger partial charge in [-0.2, -0.15) is 0 Å². The molecule has 4 nitrogen and oxygen atoms in total. The fraction of sp³-hybridized carbons (Fsp3) is 0.471. The molecule has 0 spiro atoms. The molecule has 0 aliphatic carbocycles. The number of hydrogen-bond donors (Lipinski definition) is 1. The number of benzene rings is 1. The molecule has 1 unspecified atom stereocenters. The molecule has 1 aromatic carbocycles. The summed E-state index contributed by atoms with van der Waals surface area (Å²) in [5.74, 6) is 1.56. The number of hydrogen-bond acceptors (Lipinski definition) is 3. The number of fused-ring (bicyclic) bond motifs is 1. The number of furan rings is 1. The minimum absolute atomic E-state index is 0.0647. The molecule has 0 aliphatic rings. The van der Waals surface area contributed by atoms with Gasteiger partial charge in [-0.05, 0) is 32.4 Å². The van der Waals surface area contributed by atoms with Crippen LogP contribution in [0.5, 0.6) is 5.75 Å². The van der Waals surface area contributed by atoms with Crippen LogP contribution in [-0.4, -0.2) is 12.5 Å². The first kappa shape index (κ1) is 15.4. The van der Waals surface area contributed by atoms with E-state index in [4.69, 9.17) is 9.15 Å². The normalized spacial score (nSPS) is 12.3. The summed E-state index contributed by atoms with van der Waals surface area (Å²) in [7, 11) is 0. The summed E-state index contributed by atoms with van der Waals surface area (Å²) in [5.41, 5.74) is 0.740. The van der Waals surface area contributed by atoms with Crippen molar-refractivity contribution in [1.82, 2.24) is 5.32 Å². The second kappa shape index (κ2) is 7.16. The van der Waals surface area contributed by atoms with Gasteiger partial charge in [0.2, 0.25) is 5.91 Å². The van der Waals surface area contributed by atoms with Crippen LogP contribution in [0.4, 0.5) is 0 Å². The summed E-state index contributed by atoms with van der Waals surface area (Å²) in [6, 6.07) is 7.64. The van der Waals surface area contributed by atoms with Crippen LogP contribution in [0.2, 0.25) is 0 Å². The standard InChI is InChI=1S/C17H23NO3/c1-4-6-10-16(19)18-12(3)15-11-13-8-7-9-14(20-5-2)17(13)21-15/h7-9,11-12H,4-6,10H2,1-3H3,(H,18,19). The number of para-hydroxylation sites is 1. The van der Waals surface area contributed by atoms with Crippen molar-refractivity contribution in [2.75, 3.05) is 6.61 Å². The maximum Gasteiger partial charge on any atom is 0.220 e. The SMILES string of the molecule is CCCCC(=O)NC(C)c1cc2cccc(OCC)c2o1. The lowest BCUT2D eigenvalue weighted by atomic mass is 10.2. The molecular formula is C17H23NO3. The first-order chi connectivity index (χ1) is 10.2. The molecule has 0 saturated heterocycles. The summed E-state index contributed by atoms with van der Waals surface area (Å²) in [6.45, 7) is 6.55. The van der Waals surface area contributed by atoms with Gasteiger partial charge in [-0.1, -0.05) is 25.5 Å². The van der Waals surface area contributed by atoms with Gasteiger partial charge in [-0.15, -0.1) is 0 Å². The van der Waals surface area contributed by atoms with Crippen LogP contribution in [0, 0.1) is 0 Å². The largest absolute Gasteiger partial charge is 0.490 e. The van der Waals surface area contributed by atoms with Gasteiger partial charge in [0.25, 0.3) is 0 Å². The first-order valence-corrected chi connectivity index (χ1v) is 7.60. The van der Waals surface area contributed by atoms with Crippen LogP contribution in [0.3, 0.4) is 0 Å². The van der Waals surface area contributed by atoms with Crippen molar-refractivity contribution >= 4 is 16.9 Å². The molecule has 0 bridgehead atoms. The Labute approximate surface area is 125 Å². The van der Waals surface area contributed by atoms with Crippen molar-refractivity contribution in [2.24, 2.45) is 0 Å². The van der Waals surface area contributed by atoms with Crippen molar-refractivity contribution in [2.45, 2.75) is 46.1 Å². The van der Waals surface area contributed by atoms with E-state index >= 15 is 0 Å². The summed E-state index contributed by atoms with van der Waals surface area (Å²) in [4.78, 5) is 11.8. The molecule has 0 radical (unpaired) electrons. The van der Waals surface area contributed by atoms with E-state index in [0.717, 1.165) is 35.3 Å². The second-order valence-electron chi connectivity index (χ2n) is 5.15. The van der Waals surface area contributed by atoms with Crippen molar-refractivity contribution in [3.05, 3.63) is 30.0 Å². The molecule has 1 heterocycles. The zero-order valence-electron chi connectivity index (χ0n) is 12.9. The van der Waals surface area contributed by atoms with Gasteiger partial charge in [0, 0.05) is 11.8 Å². The Kier molecular flexibility index (Phi) is 5.26. The van der Waals surface area contributed by atoms with E-state index in [1.54, 1.807) is 0 Å². The predicted molar refractivity (Wildman–Crippen MR) is 83.5 cm³/mol. The number of carbonyl (C=O) groups is 1. The Morgan fingerprint density at radius 3 is 2.90 bits per heavy atom. The molecular weight excluding hydrogens is 266 g/mol. The number of unbranched alkanes of at least 4 members (excludes halogenated alkanes) is 1. The molecule has 114 valence electrons. The minimum Gasteiger partial charge on any atom is -0.490 e. The Hall–Kier alpha value is -1.97. The Morgan fingerprint density at radius 2 is 2.19 bits per heavy atom. The van der Waals surface area contributed by atoms with Gasteiger partial charge in [-0.3, -0.25) is 4.79 Å². The van der Waals surface area contributed by atoms with Crippen molar-refractivity contribution in [3.8, 4) is 5.75 Å². The molecule has 21 heavy (non-hydrogen) atoms. The highest BCUT2D eigenvalue weighted by molar-refractivity contribution is 5.84. The topological polar surface area (TPSA) is 51.5 Å². The van der Waals surface area contributed by atoms with E-state index in [9.17, 15) is 4.79 Å². The quantitative estimate of drug-likeness (QED) is 0.831. The predicted octanol–water partition coefficient (Wildman–Crippen LogP) is 4.20. The van der Waals surface area contributed by atoms with Crippen LogP contribution in [0.15, 0.2) is 28.7 Å². The number of carbonyl (C=O) groups excluding carboxylic acids is 1. The molecule has 0 aliphatic heterocycles. The van der Waals surface area contributed by atoms with Gasteiger partial charge in [0.15, 0.2) is 11.3 Å². The molecule has 4 heteroatoms. The average Bonchev–Trinajstić information content (AvgIpc) is 2.90. The van der Waals surface area contributed by atoms with Gasteiger partial charge in [0.05, 0.1) is 12.6 Å². The van der Waals surface area contributed by atoms with E-state index < -0.39 is 0 Å². The monoisotopic (exact) mass is 289 g/mol. The first-order valence-electron chi connectivity index (χ1n) is 7.60. The third-order valence-electron chi connectivity index (χ3n) is 3.39. The highest BCUT2D eigenvalue weighted by Crippen LogP contribution is 2.31. The van der Waals surface area contributed by atoms with Crippen LogP contribution in [0.1, 0.15) is 51.8 Å². The smallest absolute Gasteiger partial charge is 0.220 e. The second-order valence-corrected chi connectivity index (χ2v) is 5.15. The fourth-order valence-corrected chi connectivity index (χ4v) is 2.26. The van der Waals surface area contributed by atoms with Gasteiger partial charge in [-0.25, -0.2) is 0 Å². The number of amides is 1. The van der Waals surface area contributed by atoms with Crippen LogP contribution in [-0.2, 0) is 4.79 Å². The lowest BCUT2D eigenvalue weighted by Gasteiger charge is -2.11. The molecule has 1 amide bonds. The van der Waals surface area contributed by atoms with Crippen molar-refractivity contribution < 1.29 is 13.9 Å². The maximum absolute atomic E-state index is 11.8. The van der Waals surface area contributed by atoms with E-state index in [-0.39, 0.29) is 11.9 Å². The van der Waals surface area contributed by atoms with Crippen molar-refractivity contribution in [3.63, 3.8) is 0 Å². The Morgan fingerprint density at radius 1 is 1.38 bits per heavy atom. The summed E-state index contributed by atoms with van der Waals surface area (Å²) < 4.78 is 11.4. The molecule has 1 atom stereocenters. The number of rotatable bonds is 7. The van der Waals surface area contributed by atoms with Gasteiger partial charge in [0.1, 0.15) is 5.76 Å². The number of nitrogens with one attached hydrogen (secondary N) is 1.